The van der Waals surface area contributed by atoms with E-state index in [1.807, 2.05) is 66.7 Å². The van der Waals surface area contributed by atoms with Gasteiger partial charge in [-0.15, -0.1) is 0 Å². The van der Waals surface area contributed by atoms with Gasteiger partial charge in [0.1, 0.15) is 0 Å². The summed E-state index contributed by atoms with van der Waals surface area (Å²) < 4.78 is 0. The molecular formula is C22H21N3O2. The molecule has 5 heteroatoms. The van der Waals surface area contributed by atoms with E-state index in [0.29, 0.717) is 17.8 Å². The Morgan fingerprint density at radius 2 is 1.59 bits per heavy atom. The molecule has 3 rings (SSSR count). The number of benzene rings is 3. The first kappa shape index (κ1) is 18.3. The van der Waals surface area contributed by atoms with Gasteiger partial charge in [-0.2, -0.15) is 5.10 Å². The van der Waals surface area contributed by atoms with Crippen molar-refractivity contribution in [1.82, 2.24) is 10.7 Å². The third-order valence-corrected chi connectivity index (χ3v) is 4.13. The molecule has 0 saturated heterocycles. The van der Waals surface area contributed by atoms with Gasteiger partial charge >= 0.3 is 0 Å². The first-order chi connectivity index (χ1) is 13.1. The second-order valence-electron chi connectivity index (χ2n) is 6.25. The summed E-state index contributed by atoms with van der Waals surface area (Å²) in [5, 5.41) is 8.76. The molecule has 3 aromatic rings. The molecule has 0 aliphatic carbocycles. The van der Waals surface area contributed by atoms with Gasteiger partial charge in [0.05, 0.1) is 6.42 Å². The van der Waals surface area contributed by atoms with E-state index < -0.39 is 0 Å². The SMILES string of the molecule is C/C(CC(=O)NCc1ccccc1)=N\NC(=O)c1cccc2ccccc12. The molecule has 0 aromatic heterocycles. The Morgan fingerprint density at radius 1 is 0.889 bits per heavy atom. The molecule has 0 aliphatic rings. The average Bonchev–Trinajstić information content (AvgIpc) is 2.71. The van der Waals surface area contributed by atoms with Gasteiger partial charge in [0.25, 0.3) is 5.91 Å². The van der Waals surface area contributed by atoms with Crippen LogP contribution in [-0.2, 0) is 11.3 Å². The van der Waals surface area contributed by atoms with E-state index in [4.69, 9.17) is 0 Å². The maximum absolute atomic E-state index is 12.4. The van der Waals surface area contributed by atoms with E-state index in [2.05, 4.69) is 15.8 Å². The van der Waals surface area contributed by atoms with Crippen molar-refractivity contribution in [2.45, 2.75) is 19.9 Å². The number of fused-ring (bicyclic) bond motifs is 1. The Balaban J connectivity index is 1.56. The summed E-state index contributed by atoms with van der Waals surface area (Å²) in [6.45, 7) is 2.18. The number of hydrogen-bond donors (Lipinski definition) is 2. The minimum atomic E-state index is -0.296. The van der Waals surface area contributed by atoms with E-state index >= 15 is 0 Å². The van der Waals surface area contributed by atoms with Crippen molar-refractivity contribution < 1.29 is 9.59 Å². The summed E-state index contributed by atoms with van der Waals surface area (Å²) >= 11 is 0. The summed E-state index contributed by atoms with van der Waals surface area (Å²) in [6.07, 6.45) is 0.128. The second-order valence-corrected chi connectivity index (χ2v) is 6.25. The van der Waals surface area contributed by atoms with Crippen molar-refractivity contribution >= 4 is 28.3 Å². The van der Waals surface area contributed by atoms with Crippen molar-refractivity contribution in [2.75, 3.05) is 0 Å². The first-order valence-corrected chi connectivity index (χ1v) is 8.75. The van der Waals surface area contributed by atoms with Gasteiger partial charge in [0.2, 0.25) is 5.91 Å². The molecular weight excluding hydrogens is 338 g/mol. The predicted molar refractivity (Wildman–Crippen MR) is 107 cm³/mol. The van der Waals surface area contributed by atoms with Gasteiger partial charge in [-0.25, -0.2) is 5.43 Å². The standard InChI is InChI=1S/C22H21N3O2/c1-16(14-21(26)23-15-17-8-3-2-4-9-17)24-25-22(27)20-13-7-11-18-10-5-6-12-19(18)20/h2-13H,14-15H2,1H3,(H,23,26)(H,25,27)/b24-16+. The highest BCUT2D eigenvalue weighted by atomic mass is 16.2. The maximum Gasteiger partial charge on any atom is 0.271 e. The Kier molecular flexibility index (Phi) is 5.94. The lowest BCUT2D eigenvalue weighted by Gasteiger charge is -2.07. The number of rotatable bonds is 6. The number of carbonyl (C=O) groups is 2. The van der Waals surface area contributed by atoms with Crippen LogP contribution in [0.15, 0.2) is 77.9 Å². The highest BCUT2D eigenvalue weighted by Gasteiger charge is 2.09. The molecule has 5 nitrogen and oxygen atoms in total. The molecule has 2 amide bonds. The molecule has 27 heavy (non-hydrogen) atoms. The van der Waals surface area contributed by atoms with Crippen LogP contribution in [0.2, 0.25) is 0 Å². The Morgan fingerprint density at radius 3 is 2.41 bits per heavy atom. The molecule has 0 atom stereocenters. The van der Waals surface area contributed by atoms with Crippen LogP contribution in [0, 0.1) is 0 Å². The lowest BCUT2D eigenvalue weighted by atomic mass is 10.0. The van der Waals surface area contributed by atoms with Crippen LogP contribution in [-0.4, -0.2) is 17.5 Å². The lowest BCUT2D eigenvalue weighted by molar-refractivity contribution is -0.120. The molecule has 0 saturated carbocycles. The van der Waals surface area contributed by atoms with E-state index in [-0.39, 0.29) is 18.2 Å². The summed E-state index contributed by atoms with van der Waals surface area (Å²) in [4.78, 5) is 24.5. The largest absolute Gasteiger partial charge is 0.352 e. The highest BCUT2D eigenvalue weighted by Crippen LogP contribution is 2.18. The zero-order chi connectivity index (χ0) is 19.1. The van der Waals surface area contributed by atoms with Crippen LogP contribution in [0.5, 0.6) is 0 Å². The van der Waals surface area contributed by atoms with E-state index in [1.165, 1.54) is 0 Å². The van der Waals surface area contributed by atoms with Crippen molar-refractivity contribution in [3.63, 3.8) is 0 Å². The molecule has 2 N–H and O–H groups in total. The number of nitrogens with one attached hydrogen (secondary N) is 2. The topological polar surface area (TPSA) is 70.6 Å². The fraction of sp³-hybridized carbons (Fsp3) is 0.136. The van der Waals surface area contributed by atoms with Crippen LogP contribution in [0.1, 0.15) is 29.3 Å². The predicted octanol–water partition coefficient (Wildman–Crippen LogP) is 3.65. The molecule has 0 radical (unpaired) electrons. The first-order valence-electron chi connectivity index (χ1n) is 8.75. The Labute approximate surface area is 158 Å². The number of hydrazone groups is 1. The van der Waals surface area contributed by atoms with Gasteiger partial charge in [-0.05, 0) is 29.3 Å². The molecule has 136 valence electrons. The van der Waals surface area contributed by atoms with Crippen LogP contribution >= 0.6 is 0 Å². The van der Waals surface area contributed by atoms with Gasteiger partial charge in [-0.3, -0.25) is 9.59 Å². The van der Waals surface area contributed by atoms with Gasteiger partial charge in [-0.1, -0.05) is 66.7 Å². The van der Waals surface area contributed by atoms with Gasteiger partial charge in [0.15, 0.2) is 0 Å². The molecule has 0 heterocycles. The van der Waals surface area contributed by atoms with Crippen molar-refractivity contribution in [1.29, 1.82) is 0 Å². The Hall–Kier alpha value is -3.47. The normalized spacial score (nSPS) is 11.2. The molecule has 0 fully saturated rings. The zero-order valence-electron chi connectivity index (χ0n) is 15.1. The third-order valence-electron chi connectivity index (χ3n) is 4.13. The Bertz CT molecular complexity index is 976. The van der Waals surface area contributed by atoms with Crippen LogP contribution in [0.4, 0.5) is 0 Å². The van der Waals surface area contributed by atoms with Crippen LogP contribution < -0.4 is 10.7 Å². The van der Waals surface area contributed by atoms with Gasteiger partial charge in [0, 0.05) is 17.8 Å². The molecule has 3 aromatic carbocycles. The highest BCUT2D eigenvalue weighted by molar-refractivity contribution is 6.07. The van der Waals surface area contributed by atoms with E-state index in [1.54, 1.807) is 13.0 Å². The smallest absolute Gasteiger partial charge is 0.271 e. The monoisotopic (exact) mass is 359 g/mol. The van der Waals surface area contributed by atoms with E-state index in [9.17, 15) is 9.59 Å². The summed E-state index contributed by atoms with van der Waals surface area (Å²) in [5.74, 6) is -0.435. The number of amides is 2. The number of carbonyl (C=O) groups excluding carboxylic acids is 2. The third kappa shape index (κ3) is 5.01. The van der Waals surface area contributed by atoms with Crippen LogP contribution in [0.25, 0.3) is 10.8 Å². The second kappa shape index (κ2) is 8.76. The molecule has 0 bridgehead atoms. The van der Waals surface area contributed by atoms with Gasteiger partial charge < -0.3 is 5.32 Å². The zero-order valence-corrected chi connectivity index (χ0v) is 15.1. The summed E-state index contributed by atoms with van der Waals surface area (Å²) in [6, 6.07) is 22.9. The molecule has 0 unspecified atom stereocenters. The number of hydrogen-bond acceptors (Lipinski definition) is 3. The average molecular weight is 359 g/mol. The maximum atomic E-state index is 12.4. The van der Waals surface area contributed by atoms with Crippen molar-refractivity contribution in [3.8, 4) is 0 Å². The fourth-order valence-electron chi connectivity index (χ4n) is 2.76. The summed E-state index contributed by atoms with van der Waals surface area (Å²) in [7, 11) is 0. The quantitative estimate of drug-likeness (QED) is 0.521. The lowest BCUT2D eigenvalue weighted by Crippen LogP contribution is -2.26. The van der Waals surface area contributed by atoms with Crippen molar-refractivity contribution in [3.05, 3.63) is 83.9 Å². The molecule has 0 spiro atoms. The molecule has 0 aliphatic heterocycles. The van der Waals surface area contributed by atoms with E-state index in [0.717, 1.165) is 16.3 Å². The van der Waals surface area contributed by atoms with Crippen molar-refractivity contribution in [2.24, 2.45) is 5.10 Å². The minimum absolute atomic E-state index is 0.128. The number of nitrogens with zero attached hydrogens (tertiary/aromatic N) is 1. The van der Waals surface area contributed by atoms with Crippen LogP contribution in [0.3, 0.4) is 0 Å². The fourth-order valence-corrected chi connectivity index (χ4v) is 2.76. The minimum Gasteiger partial charge on any atom is -0.352 e. The summed E-state index contributed by atoms with van der Waals surface area (Å²) in [5.41, 5.74) is 4.66.